The van der Waals surface area contributed by atoms with Crippen LogP contribution in [0.1, 0.15) is 19.4 Å². The van der Waals surface area contributed by atoms with E-state index in [4.69, 9.17) is 0 Å². The number of rotatable bonds is 9. The molecule has 2 aromatic carbocycles. The fraction of sp³-hybridized carbons (Fsp3) is 0.409. The molecular formula is C22H31N3O. The second-order valence-corrected chi connectivity index (χ2v) is 7.41. The second-order valence-electron chi connectivity index (χ2n) is 7.41. The van der Waals surface area contributed by atoms with Gasteiger partial charge >= 0.3 is 0 Å². The SMILES string of the molecule is CC(C)Cc1cccc(NC(=O)CN(CCN(C)C)c2ccccc2)c1. The number of benzene rings is 2. The number of carbonyl (C=O) groups excluding carboxylic acids is 1. The van der Waals surface area contributed by atoms with Gasteiger partial charge in [0.2, 0.25) is 5.91 Å². The molecular weight excluding hydrogens is 322 g/mol. The van der Waals surface area contributed by atoms with Gasteiger partial charge in [-0.2, -0.15) is 0 Å². The van der Waals surface area contributed by atoms with Gasteiger partial charge in [-0.25, -0.2) is 0 Å². The zero-order chi connectivity index (χ0) is 18.9. The average molecular weight is 354 g/mol. The number of hydrogen-bond donors (Lipinski definition) is 1. The Kier molecular flexibility index (Phi) is 7.67. The summed E-state index contributed by atoms with van der Waals surface area (Å²) in [6.07, 6.45) is 1.02. The monoisotopic (exact) mass is 353 g/mol. The molecule has 4 nitrogen and oxygen atoms in total. The van der Waals surface area contributed by atoms with Crippen molar-refractivity contribution in [1.82, 2.24) is 4.90 Å². The third-order valence-electron chi connectivity index (χ3n) is 4.13. The molecule has 4 heteroatoms. The summed E-state index contributed by atoms with van der Waals surface area (Å²) >= 11 is 0. The number of likely N-dealkylation sites (N-methyl/N-ethyl adjacent to an activating group) is 1. The molecule has 26 heavy (non-hydrogen) atoms. The van der Waals surface area contributed by atoms with Crippen molar-refractivity contribution >= 4 is 17.3 Å². The molecule has 2 aromatic rings. The molecule has 0 saturated heterocycles. The lowest BCUT2D eigenvalue weighted by Gasteiger charge is -2.26. The predicted molar refractivity (Wildman–Crippen MR) is 111 cm³/mol. The number of hydrogen-bond acceptors (Lipinski definition) is 3. The van der Waals surface area contributed by atoms with Crippen LogP contribution in [0.4, 0.5) is 11.4 Å². The molecule has 0 atom stereocenters. The van der Waals surface area contributed by atoms with E-state index >= 15 is 0 Å². The zero-order valence-electron chi connectivity index (χ0n) is 16.4. The standard InChI is InChI=1S/C22H31N3O/c1-18(2)15-19-9-8-10-20(16-19)23-22(26)17-25(14-13-24(3)4)21-11-6-5-7-12-21/h5-12,16,18H,13-15,17H2,1-4H3,(H,23,26). The zero-order valence-corrected chi connectivity index (χ0v) is 16.4. The first-order valence-corrected chi connectivity index (χ1v) is 9.27. The fourth-order valence-electron chi connectivity index (χ4n) is 2.88. The molecule has 2 rings (SSSR count). The normalized spacial score (nSPS) is 11.0. The summed E-state index contributed by atoms with van der Waals surface area (Å²) in [5, 5.41) is 3.05. The Balaban J connectivity index is 2.02. The minimum atomic E-state index is 0.00862. The Hall–Kier alpha value is -2.33. The minimum absolute atomic E-state index is 0.00862. The van der Waals surface area contributed by atoms with E-state index in [9.17, 15) is 4.79 Å². The maximum absolute atomic E-state index is 12.6. The van der Waals surface area contributed by atoms with Crippen LogP contribution in [0, 0.1) is 5.92 Å². The molecule has 0 aromatic heterocycles. The van der Waals surface area contributed by atoms with Crippen LogP contribution < -0.4 is 10.2 Å². The summed E-state index contributed by atoms with van der Waals surface area (Å²) in [6, 6.07) is 18.2. The van der Waals surface area contributed by atoms with Crippen LogP contribution in [-0.2, 0) is 11.2 Å². The molecule has 0 heterocycles. The Bertz CT molecular complexity index is 683. The van der Waals surface area contributed by atoms with Gasteiger partial charge in [-0.15, -0.1) is 0 Å². The highest BCUT2D eigenvalue weighted by atomic mass is 16.2. The number of nitrogens with zero attached hydrogens (tertiary/aromatic N) is 2. The molecule has 1 N–H and O–H groups in total. The first-order chi connectivity index (χ1) is 12.4. The highest BCUT2D eigenvalue weighted by Crippen LogP contribution is 2.16. The molecule has 0 fully saturated rings. The smallest absolute Gasteiger partial charge is 0.243 e. The number of carbonyl (C=O) groups is 1. The molecule has 1 amide bonds. The number of anilines is 2. The first-order valence-electron chi connectivity index (χ1n) is 9.27. The molecule has 0 unspecified atom stereocenters. The van der Waals surface area contributed by atoms with Crippen molar-refractivity contribution in [2.24, 2.45) is 5.92 Å². The highest BCUT2D eigenvalue weighted by Gasteiger charge is 2.12. The quantitative estimate of drug-likeness (QED) is 0.743. The molecule has 0 spiro atoms. The van der Waals surface area contributed by atoms with Crippen LogP contribution in [0.15, 0.2) is 54.6 Å². The predicted octanol–water partition coefficient (Wildman–Crippen LogP) is 3.89. The second kappa shape index (κ2) is 9.97. The molecule has 0 aliphatic heterocycles. The molecule has 0 aliphatic rings. The molecule has 0 saturated carbocycles. The van der Waals surface area contributed by atoms with Crippen LogP contribution >= 0.6 is 0 Å². The van der Waals surface area contributed by atoms with E-state index in [0.717, 1.165) is 30.9 Å². The summed E-state index contributed by atoms with van der Waals surface area (Å²) in [5.41, 5.74) is 3.19. The van der Waals surface area contributed by atoms with Crippen molar-refractivity contribution in [1.29, 1.82) is 0 Å². The van der Waals surface area contributed by atoms with E-state index in [1.54, 1.807) is 0 Å². The topological polar surface area (TPSA) is 35.6 Å². The maximum Gasteiger partial charge on any atom is 0.243 e. The maximum atomic E-state index is 12.6. The van der Waals surface area contributed by atoms with Gasteiger partial charge < -0.3 is 15.1 Å². The van der Waals surface area contributed by atoms with E-state index in [2.05, 4.69) is 41.1 Å². The van der Waals surface area contributed by atoms with Gasteiger partial charge in [0.1, 0.15) is 0 Å². The van der Waals surface area contributed by atoms with Gasteiger partial charge in [-0.3, -0.25) is 4.79 Å². The fourth-order valence-corrected chi connectivity index (χ4v) is 2.88. The molecule has 0 aliphatic carbocycles. The van der Waals surface area contributed by atoms with Crippen LogP contribution in [0.3, 0.4) is 0 Å². The van der Waals surface area contributed by atoms with E-state index in [1.807, 2.05) is 56.6 Å². The molecule has 0 bridgehead atoms. The summed E-state index contributed by atoms with van der Waals surface area (Å²) in [5.74, 6) is 0.606. The number of amides is 1. The third-order valence-corrected chi connectivity index (χ3v) is 4.13. The van der Waals surface area contributed by atoms with E-state index in [-0.39, 0.29) is 5.91 Å². The van der Waals surface area contributed by atoms with Crippen LogP contribution in [0.2, 0.25) is 0 Å². The van der Waals surface area contributed by atoms with Crippen LogP contribution in [0.25, 0.3) is 0 Å². The van der Waals surface area contributed by atoms with E-state index in [1.165, 1.54) is 5.56 Å². The van der Waals surface area contributed by atoms with Gasteiger partial charge in [0.05, 0.1) is 6.54 Å². The van der Waals surface area contributed by atoms with E-state index < -0.39 is 0 Å². The van der Waals surface area contributed by atoms with Gasteiger partial charge in [0.25, 0.3) is 0 Å². The average Bonchev–Trinajstić information content (AvgIpc) is 2.59. The first kappa shape index (κ1) is 20.0. The Morgan fingerprint density at radius 1 is 1.00 bits per heavy atom. The minimum Gasteiger partial charge on any atom is -0.361 e. The lowest BCUT2D eigenvalue weighted by molar-refractivity contribution is -0.115. The number of para-hydroxylation sites is 1. The van der Waals surface area contributed by atoms with Gasteiger partial charge in [0, 0.05) is 24.5 Å². The van der Waals surface area contributed by atoms with Gasteiger partial charge in [-0.05, 0) is 56.3 Å². The van der Waals surface area contributed by atoms with Gasteiger partial charge in [0.15, 0.2) is 0 Å². The summed E-state index contributed by atoms with van der Waals surface area (Å²) in [4.78, 5) is 16.9. The number of nitrogens with one attached hydrogen (secondary N) is 1. The summed E-state index contributed by atoms with van der Waals surface area (Å²) in [6.45, 7) is 6.44. The third kappa shape index (κ3) is 6.89. The summed E-state index contributed by atoms with van der Waals surface area (Å²) in [7, 11) is 4.09. The lowest BCUT2D eigenvalue weighted by Crippen LogP contribution is -2.37. The van der Waals surface area contributed by atoms with Crippen molar-refractivity contribution in [3.05, 3.63) is 60.2 Å². The van der Waals surface area contributed by atoms with Crippen LogP contribution in [-0.4, -0.2) is 44.5 Å². The Labute approximate surface area is 157 Å². The van der Waals surface area contributed by atoms with Crippen molar-refractivity contribution in [2.45, 2.75) is 20.3 Å². The van der Waals surface area contributed by atoms with Crippen LogP contribution in [0.5, 0.6) is 0 Å². The summed E-state index contributed by atoms with van der Waals surface area (Å²) < 4.78 is 0. The highest BCUT2D eigenvalue weighted by molar-refractivity contribution is 5.94. The van der Waals surface area contributed by atoms with Gasteiger partial charge in [-0.1, -0.05) is 44.2 Å². The Morgan fingerprint density at radius 3 is 2.38 bits per heavy atom. The largest absolute Gasteiger partial charge is 0.361 e. The molecule has 0 radical (unpaired) electrons. The lowest BCUT2D eigenvalue weighted by atomic mass is 10.0. The van der Waals surface area contributed by atoms with Crippen molar-refractivity contribution in [2.75, 3.05) is 43.9 Å². The van der Waals surface area contributed by atoms with Crippen molar-refractivity contribution in [3.8, 4) is 0 Å². The van der Waals surface area contributed by atoms with E-state index in [0.29, 0.717) is 12.5 Å². The Morgan fingerprint density at radius 2 is 1.73 bits per heavy atom. The van der Waals surface area contributed by atoms with Crippen molar-refractivity contribution < 1.29 is 4.79 Å². The molecule has 140 valence electrons. The van der Waals surface area contributed by atoms with Crippen molar-refractivity contribution in [3.63, 3.8) is 0 Å².